The molecule has 0 amide bonds. The summed E-state index contributed by atoms with van der Waals surface area (Å²) in [5, 5.41) is 0.303. The molecular formula is C7H7ClN2O. The SMILES string of the molecule is Nc1ccc(CC=O)c(Cl)n1. The van der Waals surface area contributed by atoms with Crippen LogP contribution in [0.1, 0.15) is 5.56 Å². The Balaban J connectivity index is 2.98. The molecule has 0 aromatic carbocycles. The predicted molar refractivity (Wildman–Crippen MR) is 43.4 cm³/mol. The molecule has 0 unspecified atom stereocenters. The molecule has 0 aliphatic rings. The zero-order valence-corrected chi connectivity index (χ0v) is 6.51. The van der Waals surface area contributed by atoms with Gasteiger partial charge in [-0.1, -0.05) is 17.7 Å². The van der Waals surface area contributed by atoms with Crippen LogP contribution in [-0.4, -0.2) is 11.3 Å². The minimum absolute atomic E-state index is 0.284. The summed E-state index contributed by atoms with van der Waals surface area (Å²) in [5.74, 6) is 0.365. The van der Waals surface area contributed by atoms with E-state index in [-0.39, 0.29) is 6.42 Å². The molecule has 3 nitrogen and oxygen atoms in total. The molecule has 0 bridgehead atoms. The van der Waals surface area contributed by atoms with E-state index in [1.54, 1.807) is 12.1 Å². The highest BCUT2D eigenvalue weighted by atomic mass is 35.5. The molecule has 0 aliphatic heterocycles. The molecule has 4 heteroatoms. The average Bonchev–Trinajstić information content (AvgIpc) is 1.95. The Morgan fingerprint density at radius 3 is 2.91 bits per heavy atom. The molecule has 1 aromatic rings. The second-order valence-corrected chi connectivity index (χ2v) is 2.41. The van der Waals surface area contributed by atoms with Gasteiger partial charge in [0.25, 0.3) is 0 Å². The van der Waals surface area contributed by atoms with Crippen molar-refractivity contribution in [3.05, 3.63) is 22.8 Å². The molecule has 0 saturated heterocycles. The van der Waals surface area contributed by atoms with Crippen LogP contribution in [0.2, 0.25) is 5.15 Å². The second-order valence-electron chi connectivity index (χ2n) is 2.06. The summed E-state index contributed by atoms with van der Waals surface area (Å²) < 4.78 is 0. The smallest absolute Gasteiger partial charge is 0.135 e. The standard InChI is InChI=1S/C7H7ClN2O/c8-7-5(3-4-11)1-2-6(9)10-7/h1-2,4H,3H2,(H2,9,10). The summed E-state index contributed by atoms with van der Waals surface area (Å²) in [6.07, 6.45) is 1.06. The maximum atomic E-state index is 10.1. The number of carbonyl (C=O) groups excluding carboxylic acids is 1. The number of aldehydes is 1. The molecule has 1 aromatic heterocycles. The van der Waals surface area contributed by atoms with Crippen molar-refractivity contribution in [1.29, 1.82) is 0 Å². The van der Waals surface area contributed by atoms with Crippen LogP contribution in [-0.2, 0) is 11.2 Å². The van der Waals surface area contributed by atoms with Crippen LogP contribution in [0, 0.1) is 0 Å². The molecule has 11 heavy (non-hydrogen) atoms. The van der Waals surface area contributed by atoms with Gasteiger partial charge in [-0.15, -0.1) is 0 Å². The fourth-order valence-electron chi connectivity index (χ4n) is 0.719. The summed E-state index contributed by atoms with van der Waals surface area (Å²) in [7, 11) is 0. The molecule has 0 atom stereocenters. The molecule has 2 N–H and O–H groups in total. The predicted octanol–water partition coefficient (Wildman–Crippen LogP) is 1.06. The minimum atomic E-state index is 0.284. The lowest BCUT2D eigenvalue weighted by Gasteiger charge is -1.98. The number of aromatic nitrogens is 1. The lowest BCUT2D eigenvalue weighted by Crippen LogP contribution is -1.94. The van der Waals surface area contributed by atoms with E-state index in [0.717, 1.165) is 6.29 Å². The Hall–Kier alpha value is -1.09. The molecule has 1 rings (SSSR count). The van der Waals surface area contributed by atoms with E-state index in [9.17, 15) is 4.79 Å². The second kappa shape index (κ2) is 3.34. The number of anilines is 1. The maximum Gasteiger partial charge on any atom is 0.135 e. The third-order valence-corrected chi connectivity index (χ3v) is 1.58. The highest BCUT2D eigenvalue weighted by molar-refractivity contribution is 6.30. The Morgan fingerprint density at radius 1 is 1.64 bits per heavy atom. The van der Waals surface area contributed by atoms with Gasteiger partial charge in [0.15, 0.2) is 0 Å². The van der Waals surface area contributed by atoms with Crippen LogP contribution >= 0.6 is 11.6 Å². The first-order valence-electron chi connectivity index (χ1n) is 3.08. The van der Waals surface area contributed by atoms with Crippen molar-refractivity contribution >= 4 is 23.7 Å². The van der Waals surface area contributed by atoms with Crippen LogP contribution in [0.4, 0.5) is 5.82 Å². The number of halogens is 1. The molecule has 0 saturated carbocycles. The van der Waals surface area contributed by atoms with E-state index < -0.39 is 0 Å². The topological polar surface area (TPSA) is 56.0 Å². The quantitative estimate of drug-likeness (QED) is 0.534. The molecular weight excluding hydrogens is 164 g/mol. The van der Waals surface area contributed by atoms with Crippen LogP contribution in [0.5, 0.6) is 0 Å². The van der Waals surface area contributed by atoms with E-state index in [1.165, 1.54) is 0 Å². The Bertz CT molecular complexity index is 275. The Labute approximate surface area is 69.2 Å². The number of carbonyl (C=O) groups is 1. The number of nitrogens with zero attached hydrogens (tertiary/aromatic N) is 1. The molecule has 0 radical (unpaired) electrons. The van der Waals surface area contributed by atoms with E-state index in [2.05, 4.69) is 4.98 Å². The first-order valence-corrected chi connectivity index (χ1v) is 3.46. The van der Waals surface area contributed by atoms with Crippen molar-refractivity contribution in [2.45, 2.75) is 6.42 Å². The summed E-state index contributed by atoms with van der Waals surface area (Å²) in [5.41, 5.74) is 6.04. The van der Waals surface area contributed by atoms with Crippen molar-refractivity contribution in [2.24, 2.45) is 0 Å². The number of nitrogen functional groups attached to an aromatic ring is 1. The van der Waals surface area contributed by atoms with Crippen molar-refractivity contribution in [1.82, 2.24) is 4.98 Å². The lowest BCUT2D eigenvalue weighted by molar-refractivity contribution is -0.107. The lowest BCUT2D eigenvalue weighted by atomic mass is 10.2. The van der Waals surface area contributed by atoms with Crippen molar-refractivity contribution in [3.63, 3.8) is 0 Å². The van der Waals surface area contributed by atoms with Gasteiger partial charge in [-0.3, -0.25) is 0 Å². The number of hydrogen-bond acceptors (Lipinski definition) is 3. The Kier molecular flexibility index (Phi) is 2.44. The first-order chi connectivity index (χ1) is 5.24. The fraction of sp³-hybridized carbons (Fsp3) is 0.143. The number of pyridine rings is 1. The van der Waals surface area contributed by atoms with Gasteiger partial charge in [0, 0.05) is 6.42 Å². The number of hydrogen-bond donors (Lipinski definition) is 1. The van der Waals surface area contributed by atoms with Gasteiger partial charge in [-0.25, -0.2) is 4.98 Å². The van der Waals surface area contributed by atoms with E-state index in [0.29, 0.717) is 16.5 Å². The summed E-state index contributed by atoms with van der Waals surface area (Å²) in [4.78, 5) is 13.9. The Morgan fingerprint density at radius 2 is 2.36 bits per heavy atom. The van der Waals surface area contributed by atoms with E-state index in [4.69, 9.17) is 17.3 Å². The third kappa shape index (κ3) is 1.91. The van der Waals surface area contributed by atoms with Gasteiger partial charge in [0.2, 0.25) is 0 Å². The van der Waals surface area contributed by atoms with Gasteiger partial charge >= 0.3 is 0 Å². The molecule has 0 spiro atoms. The van der Waals surface area contributed by atoms with Gasteiger partial charge in [0.1, 0.15) is 17.3 Å². The largest absolute Gasteiger partial charge is 0.384 e. The average molecular weight is 171 g/mol. The van der Waals surface area contributed by atoms with Crippen LogP contribution < -0.4 is 5.73 Å². The van der Waals surface area contributed by atoms with Crippen molar-refractivity contribution in [2.75, 3.05) is 5.73 Å². The van der Waals surface area contributed by atoms with Gasteiger partial charge < -0.3 is 10.5 Å². The van der Waals surface area contributed by atoms with Crippen molar-refractivity contribution < 1.29 is 4.79 Å². The maximum absolute atomic E-state index is 10.1. The molecule has 1 heterocycles. The third-order valence-electron chi connectivity index (χ3n) is 1.25. The monoisotopic (exact) mass is 170 g/mol. The van der Waals surface area contributed by atoms with Crippen molar-refractivity contribution in [3.8, 4) is 0 Å². The highest BCUT2D eigenvalue weighted by Crippen LogP contribution is 2.14. The zero-order valence-electron chi connectivity index (χ0n) is 5.75. The fourth-order valence-corrected chi connectivity index (χ4v) is 0.957. The van der Waals surface area contributed by atoms with Crippen LogP contribution in [0.25, 0.3) is 0 Å². The van der Waals surface area contributed by atoms with Crippen LogP contribution in [0.15, 0.2) is 12.1 Å². The van der Waals surface area contributed by atoms with E-state index in [1.807, 2.05) is 0 Å². The highest BCUT2D eigenvalue weighted by Gasteiger charge is 1.99. The van der Waals surface area contributed by atoms with Gasteiger partial charge in [-0.05, 0) is 11.6 Å². The van der Waals surface area contributed by atoms with Gasteiger partial charge in [-0.2, -0.15) is 0 Å². The first kappa shape index (κ1) is 8.01. The molecule has 0 fully saturated rings. The van der Waals surface area contributed by atoms with Gasteiger partial charge in [0.05, 0.1) is 0 Å². The summed E-state index contributed by atoms with van der Waals surface area (Å²) in [6, 6.07) is 3.31. The van der Waals surface area contributed by atoms with E-state index >= 15 is 0 Å². The van der Waals surface area contributed by atoms with Crippen LogP contribution in [0.3, 0.4) is 0 Å². The normalized spacial score (nSPS) is 9.55. The molecule has 58 valence electrons. The number of rotatable bonds is 2. The number of nitrogens with two attached hydrogens (primary N) is 1. The summed E-state index contributed by atoms with van der Waals surface area (Å²) in [6.45, 7) is 0. The zero-order chi connectivity index (χ0) is 8.27. The summed E-state index contributed by atoms with van der Waals surface area (Å²) >= 11 is 5.66. The minimum Gasteiger partial charge on any atom is -0.384 e. The molecule has 0 aliphatic carbocycles.